The van der Waals surface area contributed by atoms with Crippen molar-refractivity contribution in [3.05, 3.63) is 28.8 Å². The van der Waals surface area contributed by atoms with Crippen LogP contribution in [-0.2, 0) is 11.2 Å². The summed E-state index contributed by atoms with van der Waals surface area (Å²) in [5.41, 5.74) is 5.63. The molecule has 0 bridgehead atoms. The molecule has 0 aromatic heterocycles. The number of hydrogen-bond acceptors (Lipinski definition) is 3. The Bertz CT molecular complexity index is 475. The van der Waals surface area contributed by atoms with E-state index in [1.165, 1.54) is 12.1 Å². The Morgan fingerprint density at radius 2 is 1.95 bits per heavy atom. The number of rotatable bonds is 5. The summed E-state index contributed by atoms with van der Waals surface area (Å²) in [6, 6.07) is 1.52. The molecule has 1 atom stereocenters. The van der Waals surface area contributed by atoms with E-state index in [2.05, 4.69) is 0 Å². The maximum absolute atomic E-state index is 12.8. The fourth-order valence-electron chi connectivity index (χ4n) is 1.72. The van der Waals surface area contributed by atoms with Crippen LogP contribution in [0.5, 0.6) is 5.75 Å². The van der Waals surface area contributed by atoms with E-state index in [-0.39, 0.29) is 17.9 Å². The molecule has 0 saturated heterocycles. The van der Waals surface area contributed by atoms with Gasteiger partial charge in [0.25, 0.3) is 6.43 Å². The first-order valence-corrected chi connectivity index (χ1v) is 5.86. The predicted octanol–water partition coefficient (Wildman–Crippen LogP) is 2.41. The lowest BCUT2D eigenvalue weighted by atomic mass is 9.94. The van der Waals surface area contributed by atoms with Crippen LogP contribution in [-0.4, -0.2) is 22.2 Å². The highest BCUT2D eigenvalue weighted by Gasteiger charge is 2.21. The zero-order chi connectivity index (χ0) is 14.7. The van der Waals surface area contributed by atoms with E-state index in [0.29, 0.717) is 5.56 Å². The zero-order valence-corrected chi connectivity index (χ0v) is 10.7. The molecular formula is C13H17F2NO3. The largest absolute Gasteiger partial charge is 0.507 e. The van der Waals surface area contributed by atoms with Gasteiger partial charge in [-0.1, -0.05) is 19.9 Å². The Kier molecular flexibility index (Phi) is 4.83. The minimum Gasteiger partial charge on any atom is -0.507 e. The minimum absolute atomic E-state index is 0.0158. The molecule has 0 aliphatic heterocycles. The summed E-state index contributed by atoms with van der Waals surface area (Å²) in [5.74, 6) is -1.83. The standard InChI is InChI=1S/C13H17F2NO3/c1-6(2)7-3-8(5-10(16)13(18)19)11(17)9(4-7)12(14)15/h3-4,6,10,12,17H,5,16H2,1-2H3,(H,18,19). The molecule has 0 heterocycles. The van der Waals surface area contributed by atoms with Crippen molar-refractivity contribution in [1.82, 2.24) is 0 Å². The van der Waals surface area contributed by atoms with Gasteiger partial charge in [0.2, 0.25) is 0 Å². The van der Waals surface area contributed by atoms with E-state index in [9.17, 15) is 18.7 Å². The molecule has 1 aromatic carbocycles. The number of aliphatic carboxylic acids is 1. The maximum Gasteiger partial charge on any atom is 0.320 e. The van der Waals surface area contributed by atoms with Gasteiger partial charge >= 0.3 is 5.97 Å². The number of halogens is 2. The van der Waals surface area contributed by atoms with Crippen LogP contribution in [0.4, 0.5) is 8.78 Å². The van der Waals surface area contributed by atoms with Crippen molar-refractivity contribution >= 4 is 5.97 Å². The summed E-state index contributed by atoms with van der Waals surface area (Å²) in [4.78, 5) is 10.7. The lowest BCUT2D eigenvalue weighted by Gasteiger charge is -2.16. The van der Waals surface area contributed by atoms with Gasteiger partial charge in [0.05, 0.1) is 5.56 Å². The van der Waals surface area contributed by atoms with Crippen molar-refractivity contribution in [2.75, 3.05) is 0 Å². The average Bonchev–Trinajstić information content (AvgIpc) is 2.30. The quantitative estimate of drug-likeness (QED) is 0.769. The van der Waals surface area contributed by atoms with E-state index < -0.39 is 29.7 Å². The summed E-state index contributed by atoms with van der Waals surface area (Å²) >= 11 is 0. The van der Waals surface area contributed by atoms with Crippen molar-refractivity contribution in [2.45, 2.75) is 38.7 Å². The Morgan fingerprint density at radius 1 is 1.37 bits per heavy atom. The van der Waals surface area contributed by atoms with E-state index in [1.807, 2.05) is 13.8 Å². The minimum atomic E-state index is -2.82. The number of phenolic OH excluding ortho intramolecular Hbond substituents is 1. The summed E-state index contributed by atoms with van der Waals surface area (Å²) in [6.07, 6.45) is -3.01. The van der Waals surface area contributed by atoms with E-state index in [4.69, 9.17) is 10.8 Å². The smallest absolute Gasteiger partial charge is 0.320 e. The number of benzene rings is 1. The van der Waals surface area contributed by atoms with Crippen LogP contribution in [0.25, 0.3) is 0 Å². The fraction of sp³-hybridized carbons (Fsp3) is 0.462. The molecule has 4 N–H and O–H groups in total. The number of hydrogen-bond donors (Lipinski definition) is 3. The summed E-state index contributed by atoms with van der Waals surface area (Å²) in [6.45, 7) is 3.64. The maximum atomic E-state index is 12.8. The Morgan fingerprint density at radius 3 is 2.37 bits per heavy atom. The predicted molar refractivity (Wildman–Crippen MR) is 66.5 cm³/mol. The number of carbonyl (C=O) groups is 1. The second-order valence-electron chi connectivity index (χ2n) is 4.72. The fourth-order valence-corrected chi connectivity index (χ4v) is 1.72. The Labute approximate surface area is 109 Å². The number of nitrogens with two attached hydrogens (primary N) is 1. The molecule has 6 heteroatoms. The van der Waals surface area contributed by atoms with Crippen LogP contribution in [0.2, 0.25) is 0 Å². The highest BCUT2D eigenvalue weighted by atomic mass is 19.3. The third-order valence-electron chi connectivity index (χ3n) is 2.90. The number of carboxylic acids is 1. The van der Waals surface area contributed by atoms with E-state index in [1.54, 1.807) is 0 Å². The first-order chi connectivity index (χ1) is 8.73. The lowest BCUT2D eigenvalue weighted by molar-refractivity contribution is -0.138. The molecule has 0 aliphatic carbocycles. The molecular weight excluding hydrogens is 256 g/mol. The van der Waals surface area contributed by atoms with Crippen LogP contribution in [0, 0.1) is 0 Å². The number of carboxylic acid groups (broad SMARTS) is 1. The second-order valence-corrected chi connectivity index (χ2v) is 4.72. The van der Waals surface area contributed by atoms with Gasteiger partial charge in [0.1, 0.15) is 11.8 Å². The Balaban J connectivity index is 3.25. The van der Waals surface area contributed by atoms with Gasteiger partial charge in [0, 0.05) is 6.42 Å². The third kappa shape index (κ3) is 3.64. The summed E-state index contributed by atoms with van der Waals surface area (Å²) in [5, 5.41) is 18.5. The SMILES string of the molecule is CC(C)c1cc(CC(N)C(=O)O)c(O)c(C(F)F)c1. The number of phenols is 1. The molecule has 106 valence electrons. The van der Waals surface area contributed by atoms with E-state index >= 15 is 0 Å². The van der Waals surface area contributed by atoms with Crippen molar-refractivity contribution in [3.63, 3.8) is 0 Å². The van der Waals surface area contributed by atoms with Gasteiger partial charge in [-0.3, -0.25) is 4.79 Å². The van der Waals surface area contributed by atoms with Gasteiger partial charge in [-0.2, -0.15) is 0 Å². The topological polar surface area (TPSA) is 83.6 Å². The first-order valence-electron chi connectivity index (χ1n) is 5.86. The first kappa shape index (κ1) is 15.4. The molecule has 0 fully saturated rings. The molecule has 0 spiro atoms. The van der Waals surface area contributed by atoms with Gasteiger partial charge in [-0.05, 0) is 23.1 Å². The second kappa shape index (κ2) is 5.97. The highest BCUT2D eigenvalue weighted by molar-refractivity contribution is 5.73. The van der Waals surface area contributed by atoms with Crippen LogP contribution < -0.4 is 5.73 Å². The van der Waals surface area contributed by atoms with Crippen LogP contribution in [0.1, 0.15) is 42.9 Å². The molecule has 1 unspecified atom stereocenters. The molecule has 0 saturated carbocycles. The zero-order valence-electron chi connectivity index (χ0n) is 10.7. The molecule has 0 amide bonds. The van der Waals surface area contributed by atoms with Gasteiger partial charge < -0.3 is 15.9 Å². The van der Waals surface area contributed by atoms with Crippen molar-refractivity contribution in [1.29, 1.82) is 0 Å². The highest BCUT2D eigenvalue weighted by Crippen LogP contribution is 2.35. The molecule has 1 rings (SSSR count). The van der Waals surface area contributed by atoms with Crippen molar-refractivity contribution in [2.24, 2.45) is 5.73 Å². The molecule has 4 nitrogen and oxygen atoms in total. The Hall–Kier alpha value is -1.69. The molecule has 1 aromatic rings. The normalized spacial score (nSPS) is 13.0. The van der Waals surface area contributed by atoms with Gasteiger partial charge in [0.15, 0.2) is 0 Å². The van der Waals surface area contributed by atoms with Gasteiger partial charge in [-0.15, -0.1) is 0 Å². The van der Waals surface area contributed by atoms with Crippen LogP contribution >= 0.6 is 0 Å². The summed E-state index contributed by atoms with van der Waals surface area (Å²) < 4.78 is 25.7. The third-order valence-corrected chi connectivity index (χ3v) is 2.90. The van der Waals surface area contributed by atoms with E-state index in [0.717, 1.165) is 0 Å². The molecule has 0 radical (unpaired) electrons. The van der Waals surface area contributed by atoms with Crippen LogP contribution in [0.3, 0.4) is 0 Å². The molecule has 0 aliphatic rings. The van der Waals surface area contributed by atoms with Crippen LogP contribution in [0.15, 0.2) is 12.1 Å². The monoisotopic (exact) mass is 273 g/mol. The number of aromatic hydroxyl groups is 1. The van der Waals surface area contributed by atoms with Gasteiger partial charge in [-0.25, -0.2) is 8.78 Å². The number of alkyl halides is 2. The molecule has 19 heavy (non-hydrogen) atoms. The van der Waals surface area contributed by atoms with Crippen molar-refractivity contribution in [3.8, 4) is 5.75 Å². The van der Waals surface area contributed by atoms with Crippen molar-refractivity contribution < 1.29 is 23.8 Å². The lowest BCUT2D eigenvalue weighted by Crippen LogP contribution is -2.32. The average molecular weight is 273 g/mol. The summed E-state index contributed by atoms with van der Waals surface area (Å²) in [7, 11) is 0.